The summed E-state index contributed by atoms with van der Waals surface area (Å²) in [7, 11) is 0. The highest BCUT2D eigenvalue weighted by Crippen LogP contribution is 2.51. The molecule has 1 atom stereocenters. The average molecular weight is 595 g/mol. The maximum Gasteiger partial charge on any atom is 0.164 e. The zero-order valence-corrected chi connectivity index (χ0v) is 25.0. The van der Waals surface area contributed by atoms with Crippen molar-refractivity contribution in [2.24, 2.45) is 0 Å². The van der Waals surface area contributed by atoms with Crippen LogP contribution in [0.3, 0.4) is 0 Å². The number of hydrogen-bond donors (Lipinski definition) is 1. The molecule has 0 saturated heterocycles. The first kappa shape index (κ1) is 25.9. The zero-order chi connectivity index (χ0) is 29.7. The molecule has 0 spiro atoms. The van der Waals surface area contributed by atoms with Gasteiger partial charge in [0.2, 0.25) is 0 Å². The molecule has 9 rings (SSSR count). The van der Waals surface area contributed by atoms with Crippen LogP contribution in [0.25, 0.3) is 66.5 Å². The van der Waals surface area contributed by atoms with E-state index in [1.54, 1.807) is 0 Å². The van der Waals surface area contributed by atoms with Crippen LogP contribution >= 0.6 is 11.8 Å². The Balaban J connectivity index is 1.16. The predicted molar refractivity (Wildman–Crippen MR) is 187 cm³/mol. The number of rotatable bonds is 4. The standard InChI is InChI=1S/C40H26N4S/c1-3-11-26(12-4-1)37-42-38(27-13-5-2-6-14-27)44-39(43-37)29-20-19-25-21-22-35-36(33(25)24-29)45-40(41-35)34-23-28-15-7-8-16-30(28)31-17-9-10-18-32(31)34/h1-24,40-41H. The number of fused-ring (bicyclic) bond motifs is 6. The summed E-state index contributed by atoms with van der Waals surface area (Å²) in [6.45, 7) is 0. The lowest BCUT2D eigenvalue weighted by Crippen LogP contribution is -2.02. The minimum absolute atomic E-state index is 0.0929. The SMILES string of the molecule is c1ccc(-c2nc(-c3ccccc3)nc(-c3ccc4ccc5c(c4c3)SC(c3cc4ccccc4c4ccccc34)N5)n2)cc1. The van der Waals surface area contributed by atoms with E-state index >= 15 is 0 Å². The van der Waals surface area contributed by atoms with E-state index in [2.05, 4.69) is 90.2 Å². The van der Waals surface area contributed by atoms with E-state index < -0.39 is 0 Å². The van der Waals surface area contributed by atoms with Crippen molar-refractivity contribution in [1.29, 1.82) is 0 Å². The number of nitrogens with zero attached hydrogens (tertiary/aromatic N) is 3. The number of hydrogen-bond acceptors (Lipinski definition) is 5. The average Bonchev–Trinajstić information content (AvgIpc) is 3.57. The molecule has 7 aromatic carbocycles. The Morgan fingerprint density at radius 1 is 0.444 bits per heavy atom. The van der Waals surface area contributed by atoms with Crippen LogP contribution in [0.5, 0.6) is 0 Å². The van der Waals surface area contributed by atoms with E-state index in [0.29, 0.717) is 17.5 Å². The summed E-state index contributed by atoms with van der Waals surface area (Å²) in [4.78, 5) is 16.1. The number of nitrogens with one attached hydrogen (secondary N) is 1. The minimum atomic E-state index is 0.0929. The van der Waals surface area contributed by atoms with E-state index in [4.69, 9.17) is 15.0 Å². The third kappa shape index (κ3) is 4.52. The zero-order valence-electron chi connectivity index (χ0n) is 24.2. The van der Waals surface area contributed by atoms with Crippen molar-refractivity contribution in [1.82, 2.24) is 15.0 Å². The van der Waals surface area contributed by atoms with Crippen LogP contribution in [-0.4, -0.2) is 15.0 Å². The summed E-state index contributed by atoms with van der Waals surface area (Å²) in [6, 6.07) is 50.9. The van der Waals surface area contributed by atoms with Gasteiger partial charge in [-0.25, -0.2) is 15.0 Å². The van der Waals surface area contributed by atoms with Crippen LogP contribution in [0.4, 0.5) is 5.69 Å². The molecule has 0 amide bonds. The highest BCUT2D eigenvalue weighted by molar-refractivity contribution is 8.00. The van der Waals surface area contributed by atoms with Gasteiger partial charge in [0.1, 0.15) is 5.37 Å². The smallest absolute Gasteiger partial charge is 0.164 e. The molecule has 8 aromatic rings. The number of aromatic nitrogens is 3. The summed E-state index contributed by atoms with van der Waals surface area (Å²) < 4.78 is 0. The van der Waals surface area contributed by atoms with Gasteiger partial charge in [0.05, 0.1) is 0 Å². The van der Waals surface area contributed by atoms with Gasteiger partial charge >= 0.3 is 0 Å². The molecular formula is C40H26N4S. The Kier molecular flexibility index (Phi) is 6.10. The summed E-state index contributed by atoms with van der Waals surface area (Å²) in [5.41, 5.74) is 5.34. The fourth-order valence-corrected chi connectivity index (χ4v) is 7.64. The fourth-order valence-electron chi connectivity index (χ4n) is 6.34. The first-order chi connectivity index (χ1) is 22.3. The van der Waals surface area contributed by atoms with Crippen LogP contribution in [-0.2, 0) is 0 Å². The van der Waals surface area contributed by atoms with Crippen molar-refractivity contribution in [3.05, 3.63) is 151 Å². The second-order valence-corrected chi connectivity index (χ2v) is 12.4. The maximum absolute atomic E-state index is 4.98. The molecule has 212 valence electrons. The lowest BCUT2D eigenvalue weighted by atomic mass is 9.97. The first-order valence-electron chi connectivity index (χ1n) is 15.1. The van der Waals surface area contributed by atoms with Crippen LogP contribution in [0.2, 0.25) is 0 Å². The quantitative estimate of drug-likeness (QED) is 0.205. The Morgan fingerprint density at radius 2 is 1.02 bits per heavy atom. The molecule has 1 N–H and O–H groups in total. The van der Waals surface area contributed by atoms with Gasteiger partial charge in [-0.3, -0.25) is 0 Å². The summed E-state index contributed by atoms with van der Waals surface area (Å²) in [6.07, 6.45) is 0. The maximum atomic E-state index is 4.98. The van der Waals surface area contributed by atoms with Gasteiger partial charge in [-0.2, -0.15) is 0 Å². The van der Waals surface area contributed by atoms with Gasteiger partial charge in [-0.1, -0.05) is 139 Å². The Bertz CT molecular complexity index is 2330. The van der Waals surface area contributed by atoms with Crippen molar-refractivity contribution in [3.63, 3.8) is 0 Å². The molecule has 1 unspecified atom stereocenters. The van der Waals surface area contributed by atoms with E-state index in [9.17, 15) is 0 Å². The summed E-state index contributed by atoms with van der Waals surface area (Å²) in [5.74, 6) is 1.99. The lowest BCUT2D eigenvalue weighted by Gasteiger charge is -2.16. The number of benzene rings is 7. The third-order valence-electron chi connectivity index (χ3n) is 8.53. The molecule has 2 heterocycles. The largest absolute Gasteiger partial charge is 0.368 e. The molecule has 0 aliphatic carbocycles. The van der Waals surface area contributed by atoms with E-state index in [1.807, 2.05) is 72.4 Å². The van der Waals surface area contributed by atoms with Gasteiger partial charge in [0, 0.05) is 27.3 Å². The van der Waals surface area contributed by atoms with Gasteiger partial charge < -0.3 is 5.32 Å². The van der Waals surface area contributed by atoms with Crippen LogP contribution in [0.1, 0.15) is 10.9 Å². The first-order valence-corrected chi connectivity index (χ1v) is 15.9. The summed E-state index contributed by atoms with van der Waals surface area (Å²) >= 11 is 1.88. The van der Waals surface area contributed by atoms with Crippen molar-refractivity contribution in [2.45, 2.75) is 10.3 Å². The van der Waals surface area contributed by atoms with Crippen LogP contribution in [0, 0.1) is 0 Å². The summed E-state index contributed by atoms with van der Waals surface area (Å²) in [5, 5.41) is 11.4. The molecule has 0 saturated carbocycles. The number of thioether (sulfide) groups is 1. The highest BCUT2D eigenvalue weighted by atomic mass is 32.2. The van der Waals surface area contributed by atoms with Crippen molar-refractivity contribution in [3.8, 4) is 34.2 Å². The molecule has 45 heavy (non-hydrogen) atoms. The molecule has 1 aliphatic heterocycles. The Morgan fingerprint density at radius 3 is 1.73 bits per heavy atom. The van der Waals surface area contributed by atoms with Crippen molar-refractivity contribution >= 4 is 49.8 Å². The van der Waals surface area contributed by atoms with Gasteiger partial charge in [-0.05, 0) is 56.1 Å². The van der Waals surface area contributed by atoms with Gasteiger partial charge in [0.25, 0.3) is 0 Å². The third-order valence-corrected chi connectivity index (χ3v) is 9.82. The van der Waals surface area contributed by atoms with Crippen LogP contribution < -0.4 is 5.32 Å². The van der Waals surface area contributed by atoms with Gasteiger partial charge in [0.15, 0.2) is 17.5 Å². The van der Waals surface area contributed by atoms with E-state index in [-0.39, 0.29) is 5.37 Å². The lowest BCUT2D eigenvalue weighted by molar-refractivity contribution is 1.07. The predicted octanol–water partition coefficient (Wildman–Crippen LogP) is 10.5. The van der Waals surface area contributed by atoms with Crippen molar-refractivity contribution < 1.29 is 0 Å². The molecule has 1 aliphatic rings. The molecule has 4 nitrogen and oxygen atoms in total. The second kappa shape index (κ2) is 10.6. The Labute approximate surface area is 264 Å². The van der Waals surface area contributed by atoms with Crippen molar-refractivity contribution in [2.75, 3.05) is 5.32 Å². The van der Waals surface area contributed by atoms with Crippen LogP contribution in [0.15, 0.2) is 150 Å². The topological polar surface area (TPSA) is 50.7 Å². The normalized spacial score (nSPS) is 14.1. The highest BCUT2D eigenvalue weighted by Gasteiger charge is 2.27. The minimum Gasteiger partial charge on any atom is -0.368 e. The van der Waals surface area contributed by atoms with E-state index in [1.165, 1.54) is 42.8 Å². The van der Waals surface area contributed by atoms with Gasteiger partial charge in [-0.15, -0.1) is 0 Å². The fraction of sp³-hybridized carbons (Fsp3) is 0.0250. The monoisotopic (exact) mass is 594 g/mol. The second-order valence-electron chi connectivity index (χ2n) is 11.3. The molecule has 1 aromatic heterocycles. The Hall–Kier alpha value is -5.52. The molecular weight excluding hydrogens is 569 g/mol. The molecule has 0 radical (unpaired) electrons. The molecule has 0 bridgehead atoms. The molecule has 0 fully saturated rings. The molecule has 5 heteroatoms. The number of anilines is 1. The van der Waals surface area contributed by atoms with E-state index in [0.717, 1.165) is 22.4 Å².